The largest absolute Gasteiger partial charge is 0.396 e. The molecule has 92 valence electrons. The van der Waals surface area contributed by atoms with Gasteiger partial charge in [-0.3, -0.25) is 4.90 Å². The van der Waals surface area contributed by atoms with Gasteiger partial charge in [0.05, 0.1) is 0 Å². The fourth-order valence-electron chi connectivity index (χ4n) is 3.88. The van der Waals surface area contributed by atoms with Crippen molar-refractivity contribution < 1.29 is 5.11 Å². The highest BCUT2D eigenvalue weighted by molar-refractivity contribution is 4.92. The van der Waals surface area contributed by atoms with Gasteiger partial charge in [0.25, 0.3) is 0 Å². The molecule has 3 atom stereocenters. The number of nitrogens with zero attached hydrogens (tertiary/aromatic N) is 2. The second-order valence-corrected chi connectivity index (χ2v) is 5.84. The van der Waals surface area contributed by atoms with E-state index in [2.05, 4.69) is 9.80 Å². The van der Waals surface area contributed by atoms with Gasteiger partial charge in [0.1, 0.15) is 0 Å². The summed E-state index contributed by atoms with van der Waals surface area (Å²) in [6, 6.07) is 1.70. The van der Waals surface area contributed by atoms with E-state index in [0.29, 0.717) is 12.5 Å². The first-order chi connectivity index (χ1) is 7.86. The lowest BCUT2D eigenvalue weighted by atomic mass is 9.96. The number of hydrogen-bond donors (Lipinski definition) is 1. The maximum atomic E-state index is 9.20. The zero-order chi connectivity index (χ0) is 11.0. The van der Waals surface area contributed by atoms with Gasteiger partial charge in [-0.1, -0.05) is 0 Å². The van der Waals surface area contributed by atoms with E-state index in [-0.39, 0.29) is 0 Å². The highest BCUT2D eigenvalue weighted by Crippen LogP contribution is 2.31. The van der Waals surface area contributed by atoms with Gasteiger partial charge in [0.15, 0.2) is 0 Å². The van der Waals surface area contributed by atoms with E-state index in [9.17, 15) is 5.11 Å². The van der Waals surface area contributed by atoms with Crippen molar-refractivity contribution in [3.8, 4) is 0 Å². The van der Waals surface area contributed by atoms with Crippen LogP contribution in [0, 0.1) is 5.92 Å². The molecule has 16 heavy (non-hydrogen) atoms. The molecule has 0 aliphatic carbocycles. The molecular weight excluding hydrogens is 200 g/mol. The minimum absolute atomic E-state index is 0.388. The molecule has 3 nitrogen and oxygen atoms in total. The van der Waals surface area contributed by atoms with Crippen LogP contribution in [0.2, 0.25) is 0 Å². The van der Waals surface area contributed by atoms with Crippen LogP contribution in [-0.2, 0) is 0 Å². The van der Waals surface area contributed by atoms with Crippen molar-refractivity contribution in [2.24, 2.45) is 5.92 Å². The van der Waals surface area contributed by atoms with Crippen molar-refractivity contribution in [3.63, 3.8) is 0 Å². The van der Waals surface area contributed by atoms with E-state index in [1.54, 1.807) is 0 Å². The predicted molar refractivity (Wildman–Crippen MR) is 64.4 cm³/mol. The summed E-state index contributed by atoms with van der Waals surface area (Å²) < 4.78 is 0. The lowest BCUT2D eigenvalue weighted by Gasteiger charge is -2.39. The monoisotopic (exact) mass is 224 g/mol. The van der Waals surface area contributed by atoms with Crippen LogP contribution < -0.4 is 0 Å². The standard InChI is InChI=1S/C13H24N2O/c16-10-11-3-6-15(9-11)13-4-7-14-5-1-2-12(14)8-13/h11-13,16H,1-10H2. The topological polar surface area (TPSA) is 26.7 Å². The van der Waals surface area contributed by atoms with Crippen molar-refractivity contribution in [2.45, 2.75) is 44.2 Å². The van der Waals surface area contributed by atoms with Crippen LogP contribution in [0.5, 0.6) is 0 Å². The minimum atomic E-state index is 0.388. The molecule has 3 saturated heterocycles. The Hall–Kier alpha value is -0.120. The number of fused-ring (bicyclic) bond motifs is 1. The summed E-state index contributed by atoms with van der Waals surface area (Å²) in [5.41, 5.74) is 0. The molecule has 3 aliphatic heterocycles. The molecule has 0 aromatic heterocycles. The normalized spacial score (nSPS) is 41.4. The third-order valence-electron chi connectivity index (χ3n) is 4.88. The average molecular weight is 224 g/mol. The third-order valence-corrected chi connectivity index (χ3v) is 4.88. The lowest BCUT2D eigenvalue weighted by Crippen LogP contribution is -2.46. The van der Waals surface area contributed by atoms with Crippen LogP contribution in [0.25, 0.3) is 0 Å². The number of aliphatic hydroxyl groups is 1. The van der Waals surface area contributed by atoms with E-state index in [1.807, 2.05) is 0 Å². The maximum Gasteiger partial charge on any atom is 0.0471 e. The second-order valence-electron chi connectivity index (χ2n) is 5.84. The quantitative estimate of drug-likeness (QED) is 0.756. The molecule has 0 spiro atoms. The van der Waals surface area contributed by atoms with Crippen molar-refractivity contribution >= 4 is 0 Å². The number of aliphatic hydroxyl groups excluding tert-OH is 1. The van der Waals surface area contributed by atoms with E-state index in [4.69, 9.17) is 0 Å². The van der Waals surface area contributed by atoms with Crippen LogP contribution in [0.3, 0.4) is 0 Å². The number of rotatable bonds is 2. The summed E-state index contributed by atoms with van der Waals surface area (Å²) in [7, 11) is 0. The summed E-state index contributed by atoms with van der Waals surface area (Å²) in [4.78, 5) is 5.34. The van der Waals surface area contributed by atoms with Crippen molar-refractivity contribution in [1.29, 1.82) is 0 Å². The lowest BCUT2D eigenvalue weighted by molar-refractivity contribution is 0.0978. The molecule has 3 aliphatic rings. The van der Waals surface area contributed by atoms with Gasteiger partial charge in [-0.25, -0.2) is 0 Å². The Morgan fingerprint density at radius 2 is 1.75 bits per heavy atom. The Balaban J connectivity index is 1.56. The third kappa shape index (κ3) is 2.01. The number of piperidine rings is 1. The first-order valence-corrected chi connectivity index (χ1v) is 6.96. The summed E-state index contributed by atoms with van der Waals surface area (Å²) in [6.45, 7) is 5.42. The SMILES string of the molecule is OCC1CCN(C2CCN3CCCC3C2)C1. The van der Waals surface area contributed by atoms with E-state index >= 15 is 0 Å². The molecule has 3 rings (SSSR count). The van der Waals surface area contributed by atoms with Crippen LogP contribution in [0.4, 0.5) is 0 Å². The summed E-state index contributed by atoms with van der Waals surface area (Å²) in [5.74, 6) is 0.557. The molecule has 3 unspecified atom stereocenters. The van der Waals surface area contributed by atoms with Gasteiger partial charge in [0.2, 0.25) is 0 Å². The van der Waals surface area contributed by atoms with Gasteiger partial charge in [0, 0.05) is 25.2 Å². The molecule has 0 saturated carbocycles. The Morgan fingerprint density at radius 3 is 2.56 bits per heavy atom. The Bertz CT molecular complexity index is 246. The van der Waals surface area contributed by atoms with Crippen LogP contribution in [0.1, 0.15) is 32.1 Å². The Labute approximate surface area is 98.4 Å². The van der Waals surface area contributed by atoms with Crippen LogP contribution in [0.15, 0.2) is 0 Å². The van der Waals surface area contributed by atoms with Gasteiger partial charge in [-0.15, -0.1) is 0 Å². The number of likely N-dealkylation sites (tertiary alicyclic amines) is 1. The molecule has 0 bridgehead atoms. The zero-order valence-corrected chi connectivity index (χ0v) is 10.1. The van der Waals surface area contributed by atoms with E-state index in [0.717, 1.165) is 18.6 Å². The fraction of sp³-hybridized carbons (Fsp3) is 1.00. The first kappa shape index (κ1) is 11.0. The Morgan fingerprint density at radius 1 is 0.938 bits per heavy atom. The molecular formula is C13H24N2O. The fourth-order valence-corrected chi connectivity index (χ4v) is 3.88. The van der Waals surface area contributed by atoms with Crippen molar-refractivity contribution in [2.75, 3.05) is 32.8 Å². The summed E-state index contributed by atoms with van der Waals surface area (Å²) >= 11 is 0. The maximum absolute atomic E-state index is 9.20. The van der Waals surface area contributed by atoms with Gasteiger partial charge in [-0.2, -0.15) is 0 Å². The molecule has 3 fully saturated rings. The van der Waals surface area contributed by atoms with E-state index < -0.39 is 0 Å². The summed E-state index contributed by atoms with van der Waals surface area (Å²) in [5, 5.41) is 9.20. The van der Waals surface area contributed by atoms with Crippen molar-refractivity contribution in [3.05, 3.63) is 0 Å². The van der Waals surface area contributed by atoms with Crippen LogP contribution in [-0.4, -0.2) is 59.8 Å². The minimum Gasteiger partial charge on any atom is -0.396 e. The first-order valence-electron chi connectivity index (χ1n) is 6.96. The van der Waals surface area contributed by atoms with Crippen LogP contribution >= 0.6 is 0 Å². The molecule has 0 radical (unpaired) electrons. The highest BCUT2D eigenvalue weighted by Gasteiger charge is 2.36. The molecule has 3 heteroatoms. The van der Waals surface area contributed by atoms with Crippen molar-refractivity contribution in [1.82, 2.24) is 9.80 Å². The number of hydrogen-bond acceptors (Lipinski definition) is 3. The zero-order valence-electron chi connectivity index (χ0n) is 10.1. The molecule has 0 aromatic carbocycles. The molecule has 1 N–H and O–H groups in total. The van der Waals surface area contributed by atoms with Gasteiger partial charge in [-0.05, 0) is 57.7 Å². The van der Waals surface area contributed by atoms with Gasteiger partial charge >= 0.3 is 0 Å². The molecule has 3 heterocycles. The predicted octanol–water partition coefficient (Wildman–Crippen LogP) is 0.927. The smallest absolute Gasteiger partial charge is 0.0471 e. The van der Waals surface area contributed by atoms with Gasteiger partial charge < -0.3 is 10.0 Å². The summed E-state index contributed by atoms with van der Waals surface area (Å²) in [6.07, 6.45) is 6.79. The Kier molecular flexibility index (Phi) is 3.18. The van der Waals surface area contributed by atoms with E-state index in [1.165, 1.54) is 51.7 Å². The molecule has 0 aromatic rings. The highest BCUT2D eigenvalue weighted by atomic mass is 16.3. The molecule has 0 amide bonds. The average Bonchev–Trinajstić information content (AvgIpc) is 2.96. The second kappa shape index (κ2) is 4.63.